The Morgan fingerprint density at radius 2 is 2.06 bits per heavy atom. The SMILES string of the molecule is CC(c1ccc(C#N)cn1)n1c(N2CC[C@@H](F)[C@H](NC(=O)OC(C)(C)C)C2)nc2c(F)cc(F)cc21. The molecule has 11 heteroatoms. The Kier molecular flexibility index (Phi) is 6.80. The van der Waals surface area contributed by atoms with Gasteiger partial charge in [-0.05, 0) is 46.2 Å². The van der Waals surface area contributed by atoms with E-state index < -0.39 is 41.6 Å². The number of halogens is 3. The Balaban J connectivity index is 1.73. The fraction of sp³-hybridized carbons (Fsp3) is 0.440. The van der Waals surface area contributed by atoms with E-state index in [0.29, 0.717) is 11.3 Å². The topological polar surface area (TPSA) is 96.1 Å². The van der Waals surface area contributed by atoms with Crippen molar-refractivity contribution < 1.29 is 22.7 Å². The normalized spacial score (nSPS) is 19.1. The number of nitrogens with zero attached hydrogens (tertiary/aromatic N) is 5. The van der Waals surface area contributed by atoms with Crippen LogP contribution < -0.4 is 10.2 Å². The Morgan fingerprint density at radius 1 is 1.31 bits per heavy atom. The maximum atomic E-state index is 14.8. The number of carbonyl (C=O) groups is 1. The van der Waals surface area contributed by atoms with Crippen molar-refractivity contribution in [3.63, 3.8) is 0 Å². The molecule has 1 saturated heterocycles. The molecule has 1 unspecified atom stereocenters. The highest BCUT2D eigenvalue weighted by molar-refractivity contribution is 5.80. The summed E-state index contributed by atoms with van der Waals surface area (Å²) in [6.07, 6.45) is -0.558. The van der Waals surface area contributed by atoms with Crippen LogP contribution in [0.2, 0.25) is 0 Å². The van der Waals surface area contributed by atoms with Gasteiger partial charge in [-0.2, -0.15) is 5.26 Å². The van der Waals surface area contributed by atoms with Gasteiger partial charge in [-0.25, -0.2) is 22.9 Å². The highest BCUT2D eigenvalue weighted by atomic mass is 19.1. The van der Waals surface area contributed by atoms with Crippen LogP contribution in [-0.2, 0) is 4.74 Å². The van der Waals surface area contributed by atoms with Crippen molar-refractivity contribution in [2.75, 3.05) is 18.0 Å². The van der Waals surface area contributed by atoms with Crippen LogP contribution in [0.1, 0.15) is 51.4 Å². The third kappa shape index (κ3) is 5.22. The lowest BCUT2D eigenvalue weighted by atomic mass is 10.0. The Hall–Kier alpha value is -3.81. The lowest BCUT2D eigenvalue weighted by Crippen LogP contribution is -2.55. The summed E-state index contributed by atoms with van der Waals surface area (Å²) in [6.45, 7) is 7.21. The average Bonchev–Trinajstić information content (AvgIpc) is 3.18. The molecule has 0 spiro atoms. The van der Waals surface area contributed by atoms with Gasteiger partial charge in [0.1, 0.15) is 29.2 Å². The molecule has 4 rings (SSSR count). The molecule has 190 valence electrons. The second-order valence-electron chi connectivity index (χ2n) is 9.80. The van der Waals surface area contributed by atoms with Crippen LogP contribution in [0.5, 0.6) is 0 Å². The van der Waals surface area contributed by atoms with Gasteiger partial charge in [-0.1, -0.05) is 0 Å². The molecule has 1 fully saturated rings. The molecule has 3 aromatic rings. The number of piperidine rings is 1. The molecule has 2 aromatic heterocycles. The standard InChI is InChI=1S/C25H27F3N6O2/c1-14(19-6-5-15(11-29)12-30-19)34-21-10-16(26)9-18(28)22(21)32-23(34)33-8-7-17(27)20(13-33)31-24(35)36-25(2,3)4/h5-6,9-10,12,14,17,20H,7-8,13H2,1-4H3,(H,31,35)/t14?,17-,20-/m1/s1. The Morgan fingerprint density at radius 3 is 2.69 bits per heavy atom. The van der Waals surface area contributed by atoms with Gasteiger partial charge in [0.05, 0.1) is 28.9 Å². The predicted molar refractivity (Wildman–Crippen MR) is 127 cm³/mol. The van der Waals surface area contributed by atoms with Crippen molar-refractivity contribution in [2.45, 2.75) is 58.0 Å². The fourth-order valence-corrected chi connectivity index (χ4v) is 4.26. The molecular weight excluding hydrogens is 473 g/mol. The van der Waals surface area contributed by atoms with Gasteiger partial charge in [0.2, 0.25) is 5.95 Å². The number of fused-ring (bicyclic) bond motifs is 1. The molecule has 3 heterocycles. The number of nitrogens with one attached hydrogen (secondary N) is 1. The van der Waals surface area contributed by atoms with E-state index in [2.05, 4.69) is 15.3 Å². The average molecular weight is 501 g/mol. The number of nitriles is 1. The van der Waals surface area contributed by atoms with Gasteiger partial charge >= 0.3 is 6.09 Å². The summed E-state index contributed by atoms with van der Waals surface area (Å²) < 4.78 is 50.6. The smallest absolute Gasteiger partial charge is 0.408 e. The number of alkyl carbamates (subject to hydrolysis) is 1. The van der Waals surface area contributed by atoms with E-state index in [1.165, 1.54) is 12.3 Å². The molecule has 36 heavy (non-hydrogen) atoms. The maximum absolute atomic E-state index is 14.8. The number of ether oxygens (including phenoxy) is 1. The van der Waals surface area contributed by atoms with E-state index in [4.69, 9.17) is 10.00 Å². The number of anilines is 1. The minimum atomic E-state index is -1.32. The van der Waals surface area contributed by atoms with E-state index in [9.17, 15) is 18.0 Å². The highest BCUT2D eigenvalue weighted by Crippen LogP contribution is 2.33. The van der Waals surface area contributed by atoms with E-state index in [0.717, 1.165) is 6.07 Å². The van der Waals surface area contributed by atoms with Gasteiger partial charge in [-0.15, -0.1) is 0 Å². The summed E-state index contributed by atoms with van der Waals surface area (Å²) in [6, 6.07) is 5.79. The summed E-state index contributed by atoms with van der Waals surface area (Å²) in [5, 5.41) is 11.7. The molecule has 1 amide bonds. The molecule has 0 aliphatic carbocycles. The maximum Gasteiger partial charge on any atom is 0.408 e. The van der Waals surface area contributed by atoms with Crippen LogP contribution in [0.4, 0.5) is 23.9 Å². The number of rotatable bonds is 4. The van der Waals surface area contributed by atoms with Crippen molar-refractivity contribution in [1.82, 2.24) is 19.9 Å². The molecule has 0 bridgehead atoms. The predicted octanol–water partition coefficient (Wildman–Crippen LogP) is 4.63. The fourth-order valence-electron chi connectivity index (χ4n) is 4.26. The van der Waals surface area contributed by atoms with Gasteiger partial charge in [-0.3, -0.25) is 4.98 Å². The summed E-state index contributed by atoms with van der Waals surface area (Å²) in [5.74, 6) is -1.30. The number of alkyl halides is 1. The zero-order valence-electron chi connectivity index (χ0n) is 20.4. The van der Waals surface area contributed by atoms with E-state index in [1.807, 2.05) is 6.07 Å². The first-order valence-corrected chi connectivity index (χ1v) is 11.6. The van der Waals surface area contributed by atoms with Crippen LogP contribution in [-0.4, -0.2) is 51.5 Å². The number of imidazole rings is 1. The molecule has 1 N–H and O–H groups in total. The van der Waals surface area contributed by atoms with E-state index in [-0.39, 0.29) is 36.5 Å². The van der Waals surface area contributed by atoms with Crippen molar-refractivity contribution in [1.29, 1.82) is 5.26 Å². The number of carbonyl (C=O) groups excluding carboxylic acids is 1. The first-order valence-electron chi connectivity index (χ1n) is 11.6. The molecule has 0 radical (unpaired) electrons. The van der Waals surface area contributed by atoms with Crippen molar-refractivity contribution >= 4 is 23.1 Å². The molecule has 1 aliphatic rings. The number of amides is 1. The second-order valence-corrected chi connectivity index (χ2v) is 9.80. The lowest BCUT2D eigenvalue weighted by molar-refractivity contribution is 0.0465. The Bertz CT molecular complexity index is 1310. The zero-order valence-corrected chi connectivity index (χ0v) is 20.4. The molecular formula is C25H27F3N6O2. The van der Waals surface area contributed by atoms with Crippen molar-refractivity contribution in [3.05, 3.63) is 53.4 Å². The first kappa shape index (κ1) is 25.3. The third-order valence-electron chi connectivity index (χ3n) is 5.94. The van der Waals surface area contributed by atoms with Gasteiger partial charge in [0, 0.05) is 31.4 Å². The van der Waals surface area contributed by atoms with Gasteiger partial charge < -0.3 is 19.5 Å². The van der Waals surface area contributed by atoms with Crippen LogP contribution in [0.3, 0.4) is 0 Å². The van der Waals surface area contributed by atoms with Crippen LogP contribution in [0, 0.1) is 23.0 Å². The van der Waals surface area contributed by atoms with Crippen LogP contribution in [0.25, 0.3) is 11.0 Å². The van der Waals surface area contributed by atoms with Crippen LogP contribution >= 0.6 is 0 Å². The molecule has 8 nitrogen and oxygen atoms in total. The summed E-state index contributed by atoms with van der Waals surface area (Å²) >= 11 is 0. The van der Waals surface area contributed by atoms with E-state index in [1.54, 1.807) is 49.3 Å². The number of pyridine rings is 1. The second kappa shape index (κ2) is 9.68. The van der Waals surface area contributed by atoms with Crippen LogP contribution in [0.15, 0.2) is 30.5 Å². The van der Waals surface area contributed by atoms with Gasteiger partial charge in [0.25, 0.3) is 0 Å². The monoisotopic (exact) mass is 500 g/mol. The zero-order chi connectivity index (χ0) is 26.2. The number of benzene rings is 1. The largest absolute Gasteiger partial charge is 0.444 e. The van der Waals surface area contributed by atoms with Crippen molar-refractivity contribution in [3.8, 4) is 6.07 Å². The molecule has 3 atom stereocenters. The minimum absolute atomic E-state index is 0.0362. The van der Waals surface area contributed by atoms with Crippen molar-refractivity contribution in [2.24, 2.45) is 0 Å². The minimum Gasteiger partial charge on any atom is -0.444 e. The number of aromatic nitrogens is 3. The lowest BCUT2D eigenvalue weighted by Gasteiger charge is -2.37. The first-order chi connectivity index (χ1) is 17.0. The van der Waals surface area contributed by atoms with Gasteiger partial charge in [0.15, 0.2) is 5.82 Å². The third-order valence-corrected chi connectivity index (χ3v) is 5.94. The molecule has 0 saturated carbocycles. The number of hydrogen-bond donors (Lipinski definition) is 1. The molecule has 1 aliphatic heterocycles. The van der Waals surface area contributed by atoms with E-state index >= 15 is 0 Å². The quantitative estimate of drug-likeness (QED) is 0.561. The Labute approximate surface area is 206 Å². The summed E-state index contributed by atoms with van der Waals surface area (Å²) in [4.78, 5) is 22.8. The number of hydrogen-bond acceptors (Lipinski definition) is 6. The molecule has 1 aromatic carbocycles. The summed E-state index contributed by atoms with van der Waals surface area (Å²) in [7, 11) is 0. The summed E-state index contributed by atoms with van der Waals surface area (Å²) in [5.41, 5.74) is 0.345. The highest BCUT2D eigenvalue weighted by Gasteiger charge is 2.35.